The van der Waals surface area contributed by atoms with Crippen molar-refractivity contribution in [3.05, 3.63) is 86.5 Å². The Labute approximate surface area is 190 Å². The first kappa shape index (κ1) is 24.5. The second-order valence-electron chi connectivity index (χ2n) is 6.28. The minimum atomic E-state index is -0.787. The zero-order valence-corrected chi connectivity index (χ0v) is 17.8. The lowest BCUT2D eigenvalue weighted by Gasteiger charge is -2.16. The summed E-state index contributed by atoms with van der Waals surface area (Å²) >= 11 is 0. The van der Waals surface area contributed by atoms with Gasteiger partial charge in [-0.2, -0.15) is 0 Å². The van der Waals surface area contributed by atoms with Gasteiger partial charge < -0.3 is 18.9 Å². The van der Waals surface area contributed by atoms with Crippen LogP contribution in [-0.2, 0) is 19.2 Å². The fourth-order valence-electron chi connectivity index (χ4n) is 2.67. The second-order valence-corrected chi connectivity index (χ2v) is 6.28. The molecule has 2 aromatic carbocycles. The zero-order valence-electron chi connectivity index (χ0n) is 17.8. The van der Waals surface area contributed by atoms with Crippen LogP contribution in [0.5, 0.6) is 23.0 Å². The first-order chi connectivity index (χ1) is 15.7. The molecule has 0 amide bonds. The molecule has 168 valence electrons. The van der Waals surface area contributed by atoms with Crippen molar-refractivity contribution in [3.63, 3.8) is 0 Å². The lowest BCUT2D eigenvalue weighted by molar-refractivity contribution is -0.131. The minimum absolute atomic E-state index is 0.0438. The number of aryl methyl sites for hydroxylation is 1. The fourth-order valence-corrected chi connectivity index (χ4v) is 2.67. The van der Waals surface area contributed by atoms with Crippen LogP contribution in [0.4, 0.5) is 0 Å². The Bertz CT molecular complexity index is 1170. The number of carbonyl (C=O) groups is 4. The van der Waals surface area contributed by atoms with Crippen molar-refractivity contribution in [2.75, 3.05) is 0 Å². The van der Waals surface area contributed by atoms with Crippen LogP contribution in [0.2, 0.25) is 0 Å². The molecule has 0 radical (unpaired) electrons. The van der Waals surface area contributed by atoms with Gasteiger partial charge in [0.25, 0.3) is 0 Å². The maximum Gasteiger partial charge on any atom is 0.335 e. The molecule has 0 heterocycles. The summed E-state index contributed by atoms with van der Waals surface area (Å²) < 4.78 is 20.8. The molecule has 8 nitrogen and oxygen atoms in total. The molecular formula is C25H20O8. The monoisotopic (exact) mass is 448 g/mol. The van der Waals surface area contributed by atoms with Crippen LogP contribution in [0.3, 0.4) is 0 Å². The smallest absolute Gasteiger partial charge is 0.335 e. The predicted octanol–water partition coefficient (Wildman–Crippen LogP) is 4.03. The van der Waals surface area contributed by atoms with Gasteiger partial charge in [0.15, 0.2) is 11.5 Å². The Kier molecular flexibility index (Phi) is 8.22. The van der Waals surface area contributed by atoms with Gasteiger partial charge in [0.05, 0.1) is 0 Å². The number of hydrogen-bond donors (Lipinski definition) is 0. The molecule has 0 aromatic heterocycles. The van der Waals surface area contributed by atoms with E-state index in [1.807, 2.05) is 0 Å². The van der Waals surface area contributed by atoms with Gasteiger partial charge >= 0.3 is 23.9 Å². The van der Waals surface area contributed by atoms with Crippen molar-refractivity contribution in [1.82, 2.24) is 0 Å². The Morgan fingerprint density at radius 1 is 0.636 bits per heavy atom. The van der Waals surface area contributed by atoms with Crippen molar-refractivity contribution in [2.45, 2.75) is 6.92 Å². The Morgan fingerprint density at radius 3 is 1.67 bits per heavy atom. The quantitative estimate of drug-likeness (QED) is 0.322. The van der Waals surface area contributed by atoms with E-state index in [-0.39, 0.29) is 23.0 Å². The molecule has 0 aliphatic rings. The number of hydrogen-bond acceptors (Lipinski definition) is 8. The number of carbonyl (C=O) groups excluding carboxylic acids is 4. The number of esters is 4. The van der Waals surface area contributed by atoms with Gasteiger partial charge in [-0.25, -0.2) is 19.2 Å². The summed E-state index contributed by atoms with van der Waals surface area (Å²) in [7, 11) is 0. The summed E-state index contributed by atoms with van der Waals surface area (Å²) in [6.07, 6.45) is 3.85. The molecule has 0 saturated heterocycles. The molecule has 0 spiro atoms. The zero-order chi connectivity index (χ0) is 24.5. The van der Waals surface area contributed by atoms with Gasteiger partial charge in [-0.05, 0) is 36.2 Å². The topological polar surface area (TPSA) is 105 Å². The largest absolute Gasteiger partial charge is 0.423 e. The third kappa shape index (κ3) is 6.38. The van der Waals surface area contributed by atoms with E-state index in [2.05, 4.69) is 26.3 Å². The van der Waals surface area contributed by atoms with Crippen molar-refractivity contribution >= 4 is 23.9 Å². The second kappa shape index (κ2) is 11.1. The van der Waals surface area contributed by atoms with E-state index in [9.17, 15) is 19.2 Å². The molecule has 0 atom stereocenters. The van der Waals surface area contributed by atoms with Gasteiger partial charge in [0.1, 0.15) is 11.5 Å². The van der Waals surface area contributed by atoms with Gasteiger partial charge in [0.2, 0.25) is 0 Å². The van der Waals surface area contributed by atoms with E-state index in [4.69, 9.17) is 18.9 Å². The molecule has 2 aromatic rings. The molecule has 8 heteroatoms. The van der Waals surface area contributed by atoms with Crippen molar-refractivity contribution in [3.8, 4) is 34.1 Å². The Morgan fingerprint density at radius 2 is 1.12 bits per heavy atom. The average molecular weight is 448 g/mol. The van der Waals surface area contributed by atoms with Gasteiger partial charge in [0, 0.05) is 35.9 Å². The van der Waals surface area contributed by atoms with E-state index in [0.29, 0.717) is 16.7 Å². The molecule has 0 unspecified atom stereocenters. The van der Waals surface area contributed by atoms with E-state index >= 15 is 0 Å². The van der Waals surface area contributed by atoms with Gasteiger partial charge in [-0.15, -0.1) is 0 Å². The lowest BCUT2D eigenvalue weighted by atomic mass is 9.98. The average Bonchev–Trinajstić information content (AvgIpc) is 2.79. The van der Waals surface area contributed by atoms with Crippen LogP contribution < -0.4 is 18.9 Å². The van der Waals surface area contributed by atoms with Gasteiger partial charge in [-0.3, -0.25) is 0 Å². The van der Waals surface area contributed by atoms with E-state index in [1.165, 1.54) is 18.2 Å². The highest BCUT2D eigenvalue weighted by Crippen LogP contribution is 2.41. The van der Waals surface area contributed by atoms with Crippen LogP contribution in [0, 0.1) is 6.92 Å². The van der Waals surface area contributed by atoms with Crippen LogP contribution in [0.25, 0.3) is 11.1 Å². The van der Waals surface area contributed by atoms with Crippen LogP contribution in [-0.4, -0.2) is 23.9 Å². The molecule has 0 saturated carbocycles. The molecule has 0 aliphatic heterocycles. The van der Waals surface area contributed by atoms with Crippen molar-refractivity contribution in [2.24, 2.45) is 0 Å². The molecular weight excluding hydrogens is 428 g/mol. The molecule has 0 bridgehead atoms. The summed E-state index contributed by atoms with van der Waals surface area (Å²) in [5, 5.41) is 0. The number of benzene rings is 2. The Balaban J connectivity index is 2.67. The van der Waals surface area contributed by atoms with Gasteiger partial charge in [-0.1, -0.05) is 32.4 Å². The van der Waals surface area contributed by atoms with E-state index in [0.717, 1.165) is 24.3 Å². The summed E-state index contributed by atoms with van der Waals surface area (Å²) in [4.78, 5) is 46.9. The first-order valence-electron chi connectivity index (χ1n) is 9.38. The summed E-state index contributed by atoms with van der Waals surface area (Å²) in [6, 6.07) is 7.25. The molecule has 0 N–H and O–H groups in total. The molecule has 2 rings (SSSR count). The maximum absolute atomic E-state index is 11.9. The Hall–Kier alpha value is -4.72. The third-order valence-corrected chi connectivity index (χ3v) is 4.02. The van der Waals surface area contributed by atoms with Crippen molar-refractivity contribution in [1.29, 1.82) is 0 Å². The number of rotatable bonds is 9. The fraction of sp³-hybridized carbons (Fsp3) is 0.0400. The highest BCUT2D eigenvalue weighted by atomic mass is 16.6. The van der Waals surface area contributed by atoms with E-state index < -0.39 is 23.9 Å². The maximum atomic E-state index is 11.9. The normalized spacial score (nSPS) is 9.73. The molecule has 0 aliphatic carbocycles. The van der Waals surface area contributed by atoms with Crippen LogP contribution >= 0.6 is 0 Å². The van der Waals surface area contributed by atoms with Crippen molar-refractivity contribution < 1.29 is 38.1 Å². The third-order valence-electron chi connectivity index (χ3n) is 4.02. The summed E-state index contributed by atoms with van der Waals surface area (Å²) in [6.45, 7) is 15.1. The SMILES string of the molecule is C=CC(=O)Oc1cc(C)c(-c2ccc(OC(=O)C=C)c(OC(=O)C=C)c2)c(OC(=O)C=C)c1. The predicted molar refractivity (Wildman–Crippen MR) is 120 cm³/mol. The number of ether oxygens (including phenoxy) is 4. The minimum Gasteiger partial charge on any atom is -0.423 e. The molecule has 0 fully saturated rings. The summed E-state index contributed by atoms with van der Waals surface area (Å²) in [5.74, 6) is -2.97. The summed E-state index contributed by atoms with van der Waals surface area (Å²) in [5.41, 5.74) is 1.40. The van der Waals surface area contributed by atoms with E-state index in [1.54, 1.807) is 19.1 Å². The lowest BCUT2D eigenvalue weighted by Crippen LogP contribution is -2.09. The highest BCUT2D eigenvalue weighted by molar-refractivity contribution is 5.89. The highest BCUT2D eigenvalue weighted by Gasteiger charge is 2.19. The molecule has 33 heavy (non-hydrogen) atoms. The first-order valence-corrected chi connectivity index (χ1v) is 9.38. The standard InChI is InChI=1S/C25H20O8/c1-6-21(26)30-17-12-15(5)25(20(14-17)33-24(29)9-4)16-10-11-18(31-22(27)7-2)19(13-16)32-23(28)8-3/h6-14H,1-4H2,5H3. The van der Waals surface area contributed by atoms with Crippen LogP contribution in [0.15, 0.2) is 81.0 Å². The van der Waals surface area contributed by atoms with Crippen LogP contribution in [0.1, 0.15) is 5.56 Å².